The van der Waals surface area contributed by atoms with Crippen LogP contribution in [0.5, 0.6) is 5.75 Å². The molecule has 0 fully saturated rings. The lowest BCUT2D eigenvalue weighted by Gasteiger charge is -2.12. The minimum absolute atomic E-state index is 0. The zero-order valence-electron chi connectivity index (χ0n) is 14.5. The van der Waals surface area contributed by atoms with Gasteiger partial charge in [0.15, 0.2) is 5.96 Å². The summed E-state index contributed by atoms with van der Waals surface area (Å²) in [6.07, 6.45) is 5.97. The highest BCUT2D eigenvalue weighted by atomic mass is 127. The maximum atomic E-state index is 12.8. The van der Waals surface area contributed by atoms with E-state index in [0.29, 0.717) is 12.4 Å². The molecule has 0 saturated heterocycles. The Morgan fingerprint density at radius 3 is 2.44 bits per heavy atom. The molecule has 0 unspecified atom stereocenters. The van der Waals surface area contributed by atoms with E-state index in [2.05, 4.69) is 20.2 Å². The molecule has 0 spiro atoms. The third-order valence-corrected chi connectivity index (χ3v) is 3.50. The predicted molar refractivity (Wildman–Crippen MR) is 110 cm³/mol. The molecule has 0 saturated carbocycles. The minimum Gasteiger partial charge on any atom is -0.494 e. The lowest BCUT2D eigenvalue weighted by Crippen LogP contribution is -2.39. The second-order valence-corrected chi connectivity index (χ2v) is 5.36. The number of guanidine groups is 1. The van der Waals surface area contributed by atoms with Crippen molar-refractivity contribution in [2.75, 3.05) is 26.7 Å². The maximum Gasteiger partial charge on any atom is 0.191 e. The number of rotatable bonds is 9. The molecule has 5 nitrogen and oxygen atoms in total. The highest BCUT2D eigenvalue weighted by Gasteiger charge is 1.98. The highest BCUT2D eigenvalue weighted by Crippen LogP contribution is 2.11. The number of unbranched alkanes of at least 4 members (excludes halogenated alkanes) is 1. The van der Waals surface area contributed by atoms with Crippen molar-refractivity contribution in [3.05, 3.63) is 54.6 Å². The second-order valence-electron chi connectivity index (χ2n) is 5.36. The van der Waals surface area contributed by atoms with Crippen molar-refractivity contribution >= 4 is 29.9 Å². The van der Waals surface area contributed by atoms with E-state index in [1.54, 1.807) is 19.2 Å². The summed E-state index contributed by atoms with van der Waals surface area (Å²) in [5.41, 5.74) is 0. The van der Waals surface area contributed by atoms with Crippen LogP contribution in [0.25, 0.3) is 0 Å². The van der Waals surface area contributed by atoms with Gasteiger partial charge in [-0.15, -0.1) is 24.0 Å². The summed E-state index contributed by atoms with van der Waals surface area (Å²) in [7, 11) is 1.77. The zero-order valence-corrected chi connectivity index (χ0v) is 16.8. The Hall–Kier alpha value is -1.77. The van der Waals surface area contributed by atoms with Gasteiger partial charge in [0.2, 0.25) is 0 Å². The topological polar surface area (TPSA) is 50.6 Å². The van der Waals surface area contributed by atoms with Gasteiger partial charge in [-0.1, -0.05) is 0 Å². The largest absolute Gasteiger partial charge is 0.494 e. The third-order valence-electron chi connectivity index (χ3n) is 3.50. The SMILES string of the molecule is CN=C(NCCCCOc1ccc(F)cc1)NCCn1cccc1.I. The minimum atomic E-state index is -0.248. The van der Waals surface area contributed by atoms with Crippen LogP contribution >= 0.6 is 24.0 Å². The number of hydrogen-bond acceptors (Lipinski definition) is 2. The van der Waals surface area contributed by atoms with E-state index in [9.17, 15) is 4.39 Å². The molecule has 1 heterocycles. The van der Waals surface area contributed by atoms with Gasteiger partial charge in [0, 0.05) is 39.1 Å². The molecule has 0 atom stereocenters. The molecular formula is C18H26FIN4O. The molecule has 7 heteroatoms. The van der Waals surface area contributed by atoms with Gasteiger partial charge in [0.05, 0.1) is 6.61 Å². The van der Waals surface area contributed by atoms with Gasteiger partial charge in [0.25, 0.3) is 0 Å². The van der Waals surface area contributed by atoms with Crippen molar-refractivity contribution in [3.8, 4) is 5.75 Å². The molecule has 1 aromatic heterocycles. The lowest BCUT2D eigenvalue weighted by molar-refractivity contribution is 0.306. The summed E-state index contributed by atoms with van der Waals surface area (Å²) in [4.78, 5) is 4.20. The fourth-order valence-electron chi connectivity index (χ4n) is 2.20. The Balaban J connectivity index is 0.00000312. The van der Waals surface area contributed by atoms with Crippen LogP contribution in [0.2, 0.25) is 0 Å². The quantitative estimate of drug-likeness (QED) is 0.262. The monoisotopic (exact) mass is 460 g/mol. The van der Waals surface area contributed by atoms with E-state index in [1.165, 1.54) is 12.1 Å². The fraction of sp³-hybridized carbons (Fsp3) is 0.389. The first-order chi connectivity index (χ1) is 11.8. The Kier molecular flexibility index (Phi) is 10.7. The molecule has 2 rings (SSSR count). The number of aromatic nitrogens is 1. The summed E-state index contributed by atoms with van der Waals surface area (Å²) in [6, 6.07) is 10.1. The van der Waals surface area contributed by atoms with Crippen molar-refractivity contribution in [1.29, 1.82) is 0 Å². The first kappa shape index (κ1) is 21.3. The van der Waals surface area contributed by atoms with E-state index < -0.39 is 0 Å². The third kappa shape index (κ3) is 8.76. The number of aliphatic imine (C=N–C) groups is 1. The van der Waals surface area contributed by atoms with E-state index in [4.69, 9.17) is 4.74 Å². The van der Waals surface area contributed by atoms with Crippen molar-refractivity contribution in [3.63, 3.8) is 0 Å². The molecule has 0 aliphatic heterocycles. The summed E-state index contributed by atoms with van der Waals surface area (Å²) in [6.45, 7) is 3.17. The Labute approximate surface area is 165 Å². The molecule has 0 radical (unpaired) electrons. The highest BCUT2D eigenvalue weighted by molar-refractivity contribution is 14.0. The molecule has 0 bridgehead atoms. The van der Waals surface area contributed by atoms with Crippen molar-refractivity contribution < 1.29 is 9.13 Å². The van der Waals surface area contributed by atoms with Gasteiger partial charge >= 0.3 is 0 Å². The zero-order chi connectivity index (χ0) is 17.0. The van der Waals surface area contributed by atoms with Crippen LogP contribution in [-0.2, 0) is 6.54 Å². The Morgan fingerprint density at radius 1 is 1.08 bits per heavy atom. The summed E-state index contributed by atoms with van der Waals surface area (Å²) in [5.74, 6) is 1.26. The molecule has 1 aromatic carbocycles. The van der Waals surface area contributed by atoms with Crippen LogP contribution in [0.1, 0.15) is 12.8 Å². The Morgan fingerprint density at radius 2 is 1.76 bits per heavy atom. The maximum absolute atomic E-state index is 12.8. The summed E-state index contributed by atoms with van der Waals surface area (Å²) < 4.78 is 20.4. The van der Waals surface area contributed by atoms with Crippen molar-refractivity contribution in [1.82, 2.24) is 15.2 Å². The summed E-state index contributed by atoms with van der Waals surface area (Å²) in [5, 5.41) is 6.56. The van der Waals surface area contributed by atoms with Crippen LogP contribution in [0, 0.1) is 5.82 Å². The normalized spacial score (nSPS) is 10.9. The molecular weight excluding hydrogens is 434 g/mol. The standard InChI is InChI=1S/C18H25FN4O.HI/c1-20-18(22-11-14-23-12-3-4-13-23)21-10-2-5-15-24-17-8-6-16(19)7-9-17;/h3-4,6-9,12-13H,2,5,10-11,14-15H2,1H3,(H2,20,21,22);1H. The van der Waals surface area contributed by atoms with Crippen molar-refractivity contribution in [2.45, 2.75) is 19.4 Å². The number of nitrogens with one attached hydrogen (secondary N) is 2. The van der Waals surface area contributed by atoms with Gasteiger partial charge in [0.1, 0.15) is 11.6 Å². The Bertz CT molecular complexity index is 602. The smallest absolute Gasteiger partial charge is 0.191 e. The summed E-state index contributed by atoms with van der Waals surface area (Å²) >= 11 is 0. The van der Waals surface area contributed by atoms with E-state index >= 15 is 0 Å². The average molecular weight is 460 g/mol. The molecule has 2 aromatic rings. The first-order valence-corrected chi connectivity index (χ1v) is 8.21. The second kappa shape index (κ2) is 12.6. The van der Waals surface area contributed by atoms with Crippen LogP contribution in [-0.4, -0.2) is 37.3 Å². The van der Waals surface area contributed by atoms with Gasteiger partial charge in [-0.3, -0.25) is 4.99 Å². The van der Waals surface area contributed by atoms with Crippen LogP contribution in [0.15, 0.2) is 53.8 Å². The average Bonchev–Trinajstić information content (AvgIpc) is 3.11. The molecule has 25 heavy (non-hydrogen) atoms. The van der Waals surface area contributed by atoms with Gasteiger partial charge in [-0.25, -0.2) is 4.39 Å². The number of hydrogen-bond donors (Lipinski definition) is 2. The molecule has 0 aliphatic rings. The van der Waals surface area contributed by atoms with Crippen LogP contribution < -0.4 is 15.4 Å². The number of nitrogens with zero attached hydrogens (tertiary/aromatic N) is 2. The molecule has 0 aliphatic carbocycles. The van der Waals surface area contributed by atoms with Gasteiger partial charge < -0.3 is 19.9 Å². The fourth-order valence-corrected chi connectivity index (χ4v) is 2.20. The molecule has 0 amide bonds. The number of halogens is 2. The van der Waals surface area contributed by atoms with Crippen LogP contribution in [0.4, 0.5) is 4.39 Å². The first-order valence-electron chi connectivity index (χ1n) is 8.21. The van der Waals surface area contributed by atoms with Crippen LogP contribution in [0.3, 0.4) is 0 Å². The molecule has 2 N–H and O–H groups in total. The van der Waals surface area contributed by atoms with Gasteiger partial charge in [-0.05, 0) is 49.2 Å². The lowest BCUT2D eigenvalue weighted by atomic mass is 10.3. The van der Waals surface area contributed by atoms with Crippen molar-refractivity contribution in [2.24, 2.45) is 4.99 Å². The number of ether oxygens (including phenoxy) is 1. The number of benzene rings is 1. The van der Waals surface area contributed by atoms with E-state index in [-0.39, 0.29) is 29.8 Å². The van der Waals surface area contributed by atoms with E-state index in [0.717, 1.165) is 38.4 Å². The van der Waals surface area contributed by atoms with E-state index in [1.807, 2.05) is 24.5 Å². The predicted octanol–water partition coefficient (Wildman–Crippen LogP) is 3.27. The molecule has 138 valence electrons. The van der Waals surface area contributed by atoms with Gasteiger partial charge in [-0.2, -0.15) is 0 Å².